The normalized spacial score (nSPS) is 20.3. The molecule has 0 spiro atoms. The number of aromatic nitrogens is 2. The first-order valence-electron chi connectivity index (χ1n) is 8.85. The molecule has 2 heterocycles. The highest BCUT2D eigenvalue weighted by Crippen LogP contribution is 2.24. The Morgan fingerprint density at radius 3 is 2.58 bits per heavy atom. The zero-order chi connectivity index (χ0) is 16.9. The van der Waals surface area contributed by atoms with E-state index >= 15 is 0 Å². The molecule has 1 aromatic heterocycles. The van der Waals surface area contributed by atoms with E-state index in [1.54, 1.807) is 17.1 Å². The van der Waals surface area contributed by atoms with Crippen LogP contribution in [0.25, 0.3) is 0 Å². The summed E-state index contributed by atoms with van der Waals surface area (Å²) in [4.78, 5) is 26.6. The second-order valence-corrected chi connectivity index (χ2v) is 6.82. The molecule has 0 radical (unpaired) electrons. The zero-order valence-electron chi connectivity index (χ0n) is 14.2. The molecule has 6 heteroatoms. The molecule has 1 aliphatic carbocycles. The summed E-state index contributed by atoms with van der Waals surface area (Å²) in [5.74, 6) is 0.907. The highest BCUT2D eigenvalue weighted by atomic mass is 16.2. The molecule has 1 aromatic rings. The molecule has 0 saturated carbocycles. The van der Waals surface area contributed by atoms with Gasteiger partial charge in [0.25, 0.3) is 0 Å². The van der Waals surface area contributed by atoms with E-state index in [0.29, 0.717) is 18.4 Å². The van der Waals surface area contributed by atoms with Crippen molar-refractivity contribution in [2.45, 2.75) is 38.6 Å². The largest absolute Gasteiger partial charge is 0.354 e. The van der Waals surface area contributed by atoms with Crippen molar-refractivity contribution < 1.29 is 9.59 Å². The first-order valence-corrected chi connectivity index (χ1v) is 8.85. The van der Waals surface area contributed by atoms with Crippen molar-refractivity contribution in [1.29, 1.82) is 0 Å². The van der Waals surface area contributed by atoms with Crippen molar-refractivity contribution in [3.8, 4) is 0 Å². The Morgan fingerprint density at radius 1 is 1.25 bits per heavy atom. The Hall–Kier alpha value is -2.11. The van der Waals surface area contributed by atoms with Crippen LogP contribution in [0.3, 0.4) is 0 Å². The van der Waals surface area contributed by atoms with Crippen LogP contribution < -0.4 is 5.32 Å². The number of nitrogens with zero attached hydrogens (tertiary/aromatic N) is 3. The quantitative estimate of drug-likeness (QED) is 0.837. The second kappa shape index (κ2) is 7.64. The lowest BCUT2D eigenvalue weighted by molar-refractivity contribution is -0.136. The molecule has 130 valence electrons. The Kier molecular flexibility index (Phi) is 5.33. The van der Waals surface area contributed by atoms with Gasteiger partial charge in [-0.3, -0.25) is 14.3 Å². The van der Waals surface area contributed by atoms with E-state index in [4.69, 9.17) is 0 Å². The van der Waals surface area contributed by atoms with E-state index in [-0.39, 0.29) is 17.9 Å². The fraction of sp³-hybridized carbons (Fsp3) is 0.611. The van der Waals surface area contributed by atoms with Gasteiger partial charge in [-0.2, -0.15) is 5.10 Å². The summed E-state index contributed by atoms with van der Waals surface area (Å²) in [5, 5.41) is 7.13. The topological polar surface area (TPSA) is 67.2 Å². The fourth-order valence-corrected chi connectivity index (χ4v) is 3.46. The highest BCUT2D eigenvalue weighted by Gasteiger charge is 2.28. The standard InChI is InChI=1S/C18H26N4O2/c1-14(22-10-4-9-20-22)17(23)19-13-15-7-11-21(12-8-15)18(24)16-5-2-3-6-16/h2-4,9-10,14-16H,5-8,11-13H2,1H3,(H,19,23). The molecule has 1 fully saturated rings. The van der Waals surface area contributed by atoms with Crippen LogP contribution in [0.2, 0.25) is 0 Å². The molecule has 1 atom stereocenters. The van der Waals surface area contributed by atoms with Crippen LogP contribution in [0.15, 0.2) is 30.6 Å². The lowest BCUT2D eigenvalue weighted by atomic mass is 9.95. The molecule has 1 unspecified atom stereocenters. The number of hydrogen-bond acceptors (Lipinski definition) is 3. The summed E-state index contributed by atoms with van der Waals surface area (Å²) >= 11 is 0. The van der Waals surface area contributed by atoms with Crippen LogP contribution >= 0.6 is 0 Å². The van der Waals surface area contributed by atoms with E-state index in [9.17, 15) is 9.59 Å². The van der Waals surface area contributed by atoms with Crippen LogP contribution in [0.5, 0.6) is 0 Å². The van der Waals surface area contributed by atoms with Crippen LogP contribution in [-0.2, 0) is 9.59 Å². The summed E-state index contributed by atoms with van der Waals surface area (Å²) in [6.45, 7) is 4.14. The number of allylic oxidation sites excluding steroid dienone is 2. The Bertz CT molecular complexity index is 580. The van der Waals surface area contributed by atoms with Gasteiger partial charge in [0.1, 0.15) is 6.04 Å². The molecule has 0 aromatic carbocycles. The highest BCUT2D eigenvalue weighted by molar-refractivity contribution is 5.80. The van der Waals surface area contributed by atoms with Gasteiger partial charge >= 0.3 is 0 Å². The van der Waals surface area contributed by atoms with Crippen molar-refractivity contribution >= 4 is 11.8 Å². The summed E-state index contributed by atoms with van der Waals surface area (Å²) in [5.41, 5.74) is 0. The minimum atomic E-state index is -0.295. The molecular formula is C18H26N4O2. The van der Waals surface area contributed by atoms with E-state index in [0.717, 1.165) is 38.8 Å². The third-order valence-corrected chi connectivity index (χ3v) is 5.15. The molecule has 2 amide bonds. The molecule has 6 nitrogen and oxygen atoms in total. The summed E-state index contributed by atoms with van der Waals surface area (Å²) in [7, 11) is 0. The Morgan fingerprint density at radius 2 is 1.96 bits per heavy atom. The maximum atomic E-state index is 12.4. The number of rotatable bonds is 5. The molecular weight excluding hydrogens is 304 g/mol. The predicted molar refractivity (Wildman–Crippen MR) is 91.1 cm³/mol. The number of nitrogens with one attached hydrogen (secondary N) is 1. The van der Waals surface area contributed by atoms with E-state index in [1.807, 2.05) is 17.9 Å². The number of likely N-dealkylation sites (tertiary alicyclic amines) is 1. The number of carbonyl (C=O) groups excluding carboxylic acids is 2. The molecule has 1 N–H and O–H groups in total. The van der Waals surface area contributed by atoms with Crippen molar-refractivity contribution in [3.05, 3.63) is 30.6 Å². The smallest absolute Gasteiger partial charge is 0.244 e. The van der Waals surface area contributed by atoms with Crippen molar-refractivity contribution in [2.75, 3.05) is 19.6 Å². The van der Waals surface area contributed by atoms with Gasteiger partial charge in [-0.25, -0.2) is 0 Å². The molecule has 1 saturated heterocycles. The molecule has 3 rings (SSSR count). The maximum Gasteiger partial charge on any atom is 0.244 e. The van der Waals surface area contributed by atoms with Gasteiger partial charge in [0.2, 0.25) is 11.8 Å². The van der Waals surface area contributed by atoms with Gasteiger partial charge in [-0.05, 0) is 44.6 Å². The maximum absolute atomic E-state index is 12.4. The SMILES string of the molecule is CC(C(=O)NCC1CCN(C(=O)C2CC=CC2)CC1)n1cccn1. The zero-order valence-corrected chi connectivity index (χ0v) is 14.2. The monoisotopic (exact) mass is 330 g/mol. The number of amides is 2. The van der Waals surface area contributed by atoms with E-state index in [2.05, 4.69) is 22.6 Å². The third kappa shape index (κ3) is 3.86. The fourth-order valence-electron chi connectivity index (χ4n) is 3.46. The minimum absolute atomic E-state index is 0.00534. The molecule has 1 aliphatic heterocycles. The van der Waals surface area contributed by atoms with Crippen LogP contribution in [0.4, 0.5) is 0 Å². The third-order valence-electron chi connectivity index (χ3n) is 5.15. The number of hydrogen-bond donors (Lipinski definition) is 1. The van der Waals surface area contributed by atoms with Gasteiger partial charge in [0.05, 0.1) is 0 Å². The second-order valence-electron chi connectivity index (χ2n) is 6.82. The van der Waals surface area contributed by atoms with E-state index in [1.165, 1.54) is 0 Å². The molecule has 0 bridgehead atoms. The number of carbonyl (C=O) groups is 2. The summed E-state index contributed by atoms with van der Waals surface area (Å²) in [6, 6.07) is 1.52. The first kappa shape index (κ1) is 16.7. The average Bonchev–Trinajstić information content (AvgIpc) is 3.32. The Labute approximate surface area is 142 Å². The number of piperidine rings is 1. The Balaban J connectivity index is 1.39. The first-order chi connectivity index (χ1) is 11.6. The van der Waals surface area contributed by atoms with Crippen molar-refractivity contribution in [3.63, 3.8) is 0 Å². The van der Waals surface area contributed by atoms with Crippen LogP contribution in [-0.4, -0.2) is 46.1 Å². The predicted octanol–water partition coefficient (Wildman–Crippen LogP) is 1.77. The molecule has 2 aliphatic rings. The van der Waals surface area contributed by atoms with Crippen molar-refractivity contribution in [2.24, 2.45) is 11.8 Å². The van der Waals surface area contributed by atoms with Gasteiger partial charge < -0.3 is 10.2 Å². The van der Waals surface area contributed by atoms with Crippen LogP contribution in [0.1, 0.15) is 38.6 Å². The minimum Gasteiger partial charge on any atom is -0.354 e. The summed E-state index contributed by atoms with van der Waals surface area (Å²) in [6.07, 6.45) is 11.4. The van der Waals surface area contributed by atoms with Crippen molar-refractivity contribution in [1.82, 2.24) is 20.0 Å². The molecule has 24 heavy (non-hydrogen) atoms. The van der Waals surface area contributed by atoms with Gasteiger partial charge in [-0.1, -0.05) is 12.2 Å². The average molecular weight is 330 g/mol. The van der Waals surface area contributed by atoms with Gasteiger partial charge in [0, 0.05) is 37.9 Å². The van der Waals surface area contributed by atoms with Gasteiger partial charge in [-0.15, -0.1) is 0 Å². The summed E-state index contributed by atoms with van der Waals surface area (Å²) < 4.78 is 1.66. The lowest BCUT2D eigenvalue weighted by Gasteiger charge is -2.33. The lowest BCUT2D eigenvalue weighted by Crippen LogP contribution is -2.44. The van der Waals surface area contributed by atoms with E-state index < -0.39 is 0 Å². The van der Waals surface area contributed by atoms with Crippen LogP contribution in [0, 0.1) is 11.8 Å². The van der Waals surface area contributed by atoms with Gasteiger partial charge in [0.15, 0.2) is 0 Å².